The van der Waals surface area contributed by atoms with Gasteiger partial charge in [-0.2, -0.15) is 0 Å². The molecule has 2 heteroatoms. The molecule has 3 unspecified atom stereocenters. The van der Waals surface area contributed by atoms with Crippen LogP contribution in [-0.4, -0.2) is 24.8 Å². The van der Waals surface area contributed by atoms with Crippen molar-refractivity contribution in [3.8, 4) is 0 Å². The predicted molar refractivity (Wildman–Crippen MR) is 69.5 cm³/mol. The maximum absolute atomic E-state index is 9.33. The van der Waals surface area contributed by atoms with Crippen molar-refractivity contribution in [2.24, 2.45) is 17.8 Å². The van der Waals surface area contributed by atoms with E-state index in [0.29, 0.717) is 18.4 Å². The van der Waals surface area contributed by atoms with Crippen LogP contribution in [0, 0.1) is 17.8 Å². The minimum absolute atomic E-state index is 0.386. The molecule has 0 amide bonds. The Balaban J connectivity index is 2.15. The van der Waals surface area contributed by atoms with E-state index in [1.54, 1.807) is 0 Å². The SMILES string of the molecule is CCCC(C)CNCC1CCCCC1CO. The van der Waals surface area contributed by atoms with Crippen molar-refractivity contribution in [1.82, 2.24) is 5.32 Å². The molecule has 0 bridgehead atoms. The van der Waals surface area contributed by atoms with E-state index < -0.39 is 0 Å². The Morgan fingerprint density at radius 1 is 1.25 bits per heavy atom. The summed E-state index contributed by atoms with van der Waals surface area (Å²) < 4.78 is 0. The second-order valence-corrected chi connectivity index (χ2v) is 5.54. The lowest BCUT2D eigenvalue weighted by Gasteiger charge is -2.30. The van der Waals surface area contributed by atoms with E-state index in [1.807, 2.05) is 0 Å². The standard InChI is InChI=1S/C14H29NO/c1-3-6-12(2)9-15-10-13-7-4-5-8-14(13)11-16/h12-16H,3-11H2,1-2H3. The number of hydrogen-bond donors (Lipinski definition) is 2. The van der Waals surface area contributed by atoms with Crippen LogP contribution in [0.3, 0.4) is 0 Å². The third-order valence-corrected chi connectivity index (χ3v) is 3.98. The van der Waals surface area contributed by atoms with Crippen molar-refractivity contribution in [1.29, 1.82) is 0 Å². The fourth-order valence-corrected chi connectivity index (χ4v) is 2.90. The van der Waals surface area contributed by atoms with E-state index in [-0.39, 0.29) is 0 Å². The molecular weight excluding hydrogens is 198 g/mol. The quantitative estimate of drug-likeness (QED) is 0.701. The summed E-state index contributed by atoms with van der Waals surface area (Å²) in [7, 11) is 0. The van der Waals surface area contributed by atoms with Gasteiger partial charge < -0.3 is 10.4 Å². The van der Waals surface area contributed by atoms with Gasteiger partial charge in [0.2, 0.25) is 0 Å². The van der Waals surface area contributed by atoms with E-state index >= 15 is 0 Å². The van der Waals surface area contributed by atoms with Gasteiger partial charge in [-0.3, -0.25) is 0 Å². The predicted octanol–water partition coefficient (Wildman–Crippen LogP) is 2.81. The Hall–Kier alpha value is -0.0800. The van der Waals surface area contributed by atoms with Crippen LogP contribution in [0.25, 0.3) is 0 Å². The van der Waals surface area contributed by atoms with Crippen LogP contribution in [0.1, 0.15) is 52.4 Å². The number of hydrogen-bond acceptors (Lipinski definition) is 2. The van der Waals surface area contributed by atoms with E-state index in [9.17, 15) is 5.11 Å². The fourth-order valence-electron chi connectivity index (χ4n) is 2.90. The van der Waals surface area contributed by atoms with Crippen molar-refractivity contribution >= 4 is 0 Å². The van der Waals surface area contributed by atoms with Gasteiger partial charge in [-0.15, -0.1) is 0 Å². The summed E-state index contributed by atoms with van der Waals surface area (Å²) in [5, 5.41) is 12.9. The smallest absolute Gasteiger partial charge is 0.0462 e. The third kappa shape index (κ3) is 4.84. The lowest BCUT2D eigenvalue weighted by molar-refractivity contribution is 0.132. The first-order valence-electron chi connectivity index (χ1n) is 7.09. The third-order valence-electron chi connectivity index (χ3n) is 3.98. The van der Waals surface area contributed by atoms with Gasteiger partial charge in [0.05, 0.1) is 0 Å². The van der Waals surface area contributed by atoms with E-state index in [1.165, 1.54) is 38.5 Å². The van der Waals surface area contributed by atoms with E-state index in [4.69, 9.17) is 0 Å². The van der Waals surface area contributed by atoms with Crippen LogP contribution >= 0.6 is 0 Å². The average Bonchev–Trinajstić information content (AvgIpc) is 2.30. The Labute approximate surface area is 101 Å². The van der Waals surface area contributed by atoms with E-state index in [2.05, 4.69) is 19.2 Å². The van der Waals surface area contributed by atoms with Gasteiger partial charge in [-0.05, 0) is 50.1 Å². The normalized spacial score (nSPS) is 27.9. The van der Waals surface area contributed by atoms with Crippen LogP contribution < -0.4 is 5.32 Å². The van der Waals surface area contributed by atoms with Gasteiger partial charge in [-0.1, -0.05) is 33.1 Å². The molecule has 16 heavy (non-hydrogen) atoms. The first kappa shape index (κ1) is 14.0. The Bertz CT molecular complexity index is 172. The summed E-state index contributed by atoms with van der Waals surface area (Å²) in [6.45, 7) is 7.21. The largest absolute Gasteiger partial charge is 0.396 e. The van der Waals surface area contributed by atoms with Gasteiger partial charge in [-0.25, -0.2) is 0 Å². The van der Waals surface area contributed by atoms with Crippen molar-refractivity contribution in [3.63, 3.8) is 0 Å². The molecule has 0 aromatic rings. The van der Waals surface area contributed by atoms with Crippen LogP contribution in [-0.2, 0) is 0 Å². The van der Waals surface area contributed by atoms with Crippen LogP contribution in [0.15, 0.2) is 0 Å². The summed E-state index contributed by atoms with van der Waals surface area (Å²) in [5.41, 5.74) is 0. The van der Waals surface area contributed by atoms with Crippen molar-refractivity contribution in [2.45, 2.75) is 52.4 Å². The monoisotopic (exact) mass is 227 g/mol. The highest BCUT2D eigenvalue weighted by atomic mass is 16.3. The molecule has 1 aliphatic carbocycles. The minimum atomic E-state index is 0.386. The van der Waals surface area contributed by atoms with Crippen molar-refractivity contribution in [3.05, 3.63) is 0 Å². The summed E-state index contributed by atoms with van der Waals surface area (Å²) >= 11 is 0. The van der Waals surface area contributed by atoms with Crippen LogP contribution in [0.5, 0.6) is 0 Å². The molecule has 0 aromatic heterocycles. The Morgan fingerprint density at radius 2 is 1.94 bits per heavy atom. The fraction of sp³-hybridized carbons (Fsp3) is 1.00. The van der Waals surface area contributed by atoms with Crippen molar-refractivity contribution < 1.29 is 5.11 Å². The van der Waals surface area contributed by atoms with Gasteiger partial charge in [0, 0.05) is 6.61 Å². The number of rotatable bonds is 7. The molecule has 0 saturated heterocycles. The number of nitrogens with one attached hydrogen (secondary N) is 1. The van der Waals surface area contributed by atoms with Gasteiger partial charge in [0.25, 0.3) is 0 Å². The first-order valence-corrected chi connectivity index (χ1v) is 7.09. The van der Waals surface area contributed by atoms with Crippen LogP contribution in [0.4, 0.5) is 0 Å². The zero-order valence-electron chi connectivity index (χ0n) is 11.0. The molecular formula is C14H29NO. The second kappa shape index (κ2) is 8.08. The minimum Gasteiger partial charge on any atom is -0.396 e. The summed E-state index contributed by atoms with van der Waals surface area (Å²) in [4.78, 5) is 0. The highest BCUT2D eigenvalue weighted by Crippen LogP contribution is 2.29. The lowest BCUT2D eigenvalue weighted by Crippen LogP contribution is -2.34. The Morgan fingerprint density at radius 3 is 2.56 bits per heavy atom. The highest BCUT2D eigenvalue weighted by Gasteiger charge is 2.23. The molecule has 0 heterocycles. The maximum Gasteiger partial charge on any atom is 0.0462 e. The van der Waals surface area contributed by atoms with Crippen molar-refractivity contribution in [2.75, 3.05) is 19.7 Å². The lowest BCUT2D eigenvalue weighted by atomic mass is 9.79. The number of aliphatic hydroxyl groups is 1. The zero-order valence-corrected chi connectivity index (χ0v) is 11.0. The molecule has 1 fully saturated rings. The maximum atomic E-state index is 9.33. The average molecular weight is 227 g/mol. The second-order valence-electron chi connectivity index (χ2n) is 5.54. The van der Waals surface area contributed by atoms with Gasteiger partial charge >= 0.3 is 0 Å². The molecule has 1 saturated carbocycles. The molecule has 0 aliphatic heterocycles. The summed E-state index contributed by atoms with van der Waals surface area (Å²) in [6, 6.07) is 0. The molecule has 0 radical (unpaired) electrons. The first-order chi connectivity index (χ1) is 7.77. The summed E-state index contributed by atoms with van der Waals surface area (Å²) in [5.74, 6) is 2.07. The molecule has 3 atom stereocenters. The molecule has 2 nitrogen and oxygen atoms in total. The Kier molecular flexibility index (Phi) is 7.06. The molecule has 2 N–H and O–H groups in total. The van der Waals surface area contributed by atoms with Gasteiger partial charge in [0.15, 0.2) is 0 Å². The van der Waals surface area contributed by atoms with Gasteiger partial charge in [0.1, 0.15) is 0 Å². The molecule has 0 spiro atoms. The topological polar surface area (TPSA) is 32.3 Å². The zero-order chi connectivity index (χ0) is 11.8. The molecule has 96 valence electrons. The molecule has 1 aliphatic rings. The summed E-state index contributed by atoms with van der Waals surface area (Å²) in [6.07, 6.45) is 7.81. The van der Waals surface area contributed by atoms with E-state index in [0.717, 1.165) is 19.0 Å². The molecule has 0 aromatic carbocycles. The highest BCUT2D eigenvalue weighted by molar-refractivity contribution is 4.76. The van der Waals surface area contributed by atoms with Crippen LogP contribution in [0.2, 0.25) is 0 Å². The number of aliphatic hydroxyl groups excluding tert-OH is 1. The molecule has 1 rings (SSSR count).